The van der Waals surface area contributed by atoms with E-state index in [-0.39, 0.29) is 12.1 Å². The van der Waals surface area contributed by atoms with Gasteiger partial charge in [-0.3, -0.25) is 0 Å². The van der Waals surface area contributed by atoms with Crippen LogP contribution in [0.25, 0.3) is 0 Å². The highest BCUT2D eigenvalue weighted by Crippen LogP contribution is 2.06. The average Bonchev–Trinajstić information content (AvgIpc) is 3.52. The lowest BCUT2D eigenvalue weighted by molar-refractivity contribution is 0.239. The summed E-state index contributed by atoms with van der Waals surface area (Å²) >= 11 is 0. The molecule has 2 aromatic rings. The van der Waals surface area contributed by atoms with Gasteiger partial charge in [0.2, 0.25) is 0 Å². The number of amides is 4. The van der Waals surface area contributed by atoms with Crippen molar-refractivity contribution in [1.82, 2.24) is 40.4 Å². The SMILES string of the molecule is O=C(NCCCCCCCCCNC(=O)NCCCn1ccnc1)NCCCn1ccnc1. The highest BCUT2D eigenvalue weighted by Gasteiger charge is 2.00. The third-order valence-electron chi connectivity index (χ3n) is 5.30. The van der Waals surface area contributed by atoms with Crippen molar-refractivity contribution in [2.75, 3.05) is 26.2 Å². The molecule has 0 saturated carbocycles. The summed E-state index contributed by atoms with van der Waals surface area (Å²) < 4.78 is 4.00. The Balaban J connectivity index is 1.26. The van der Waals surface area contributed by atoms with Crippen LogP contribution in [0, 0.1) is 0 Å². The number of rotatable bonds is 18. The van der Waals surface area contributed by atoms with Crippen LogP contribution in [0.3, 0.4) is 0 Å². The summed E-state index contributed by atoms with van der Waals surface area (Å²) in [7, 11) is 0. The van der Waals surface area contributed by atoms with Crippen LogP contribution in [0.1, 0.15) is 57.8 Å². The Morgan fingerprint density at radius 3 is 1.27 bits per heavy atom. The summed E-state index contributed by atoms with van der Waals surface area (Å²) in [4.78, 5) is 31.4. The van der Waals surface area contributed by atoms with Gasteiger partial charge in [-0.1, -0.05) is 32.1 Å². The van der Waals surface area contributed by atoms with Gasteiger partial charge in [0.25, 0.3) is 0 Å². The van der Waals surface area contributed by atoms with E-state index in [4.69, 9.17) is 0 Å². The number of hydrogen-bond donors (Lipinski definition) is 4. The number of carbonyl (C=O) groups excluding carboxylic acids is 2. The monoisotopic (exact) mass is 460 g/mol. The van der Waals surface area contributed by atoms with E-state index in [1.165, 1.54) is 19.3 Å². The highest BCUT2D eigenvalue weighted by atomic mass is 16.2. The molecule has 0 spiro atoms. The maximum Gasteiger partial charge on any atom is 0.314 e. The minimum Gasteiger partial charge on any atom is -0.338 e. The normalized spacial score (nSPS) is 10.7. The van der Waals surface area contributed by atoms with E-state index in [0.29, 0.717) is 26.2 Å². The van der Waals surface area contributed by atoms with Gasteiger partial charge in [-0.2, -0.15) is 0 Å². The predicted molar refractivity (Wildman–Crippen MR) is 129 cm³/mol. The zero-order valence-corrected chi connectivity index (χ0v) is 19.7. The number of urea groups is 2. The van der Waals surface area contributed by atoms with Crippen molar-refractivity contribution in [1.29, 1.82) is 0 Å². The van der Waals surface area contributed by atoms with Gasteiger partial charge in [0.05, 0.1) is 12.7 Å². The first-order valence-corrected chi connectivity index (χ1v) is 12.2. The molecule has 2 rings (SSSR count). The largest absolute Gasteiger partial charge is 0.338 e. The second-order valence-electron chi connectivity index (χ2n) is 8.15. The van der Waals surface area contributed by atoms with Crippen molar-refractivity contribution in [2.24, 2.45) is 0 Å². The second kappa shape index (κ2) is 17.5. The van der Waals surface area contributed by atoms with Gasteiger partial charge < -0.3 is 30.4 Å². The number of carbonyl (C=O) groups is 2. The van der Waals surface area contributed by atoms with Crippen molar-refractivity contribution < 1.29 is 9.59 Å². The number of nitrogens with zero attached hydrogens (tertiary/aromatic N) is 4. The standard InChI is InChI=1S/C23H40N8O2/c32-22(28-12-8-16-30-18-14-24-20-30)26-10-6-4-2-1-3-5-7-11-27-23(33)29-13-9-17-31-19-15-25-21-31/h14-15,18-21H,1-13,16-17H2,(H2,26,28,32)(H2,27,29,33). The third kappa shape index (κ3) is 13.9. The quantitative estimate of drug-likeness (QED) is 0.256. The number of imidazole rings is 2. The number of hydrogen-bond acceptors (Lipinski definition) is 4. The molecule has 0 unspecified atom stereocenters. The zero-order chi connectivity index (χ0) is 23.4. The number of nitrogens with one attached hydrogen (secondary N) is 4. The molecule has 0 fully saturated rings. The minimum atomic E-state index is -0.0876. The van der Waals surface area contributed by atoms with Crippen LogP contribution in [0.2, 0.25) is 0 Å². The van der Waals surface area contributed by atoms with Gasteiger partial charge in [-0.25, -0.2) is 19.6 Å². The molecule has 2 heterocycles. The van der Waals surface area contributed by atoms with E-state index in [1.807, 2.05) is 21.5 Å². The van der Waals surface area contributed by atoms with Crippen LogP contribution >= 0.6 is 0 Å². The average molecular weight is 461 g/mol. The van der Waals surface area contributed by atoms with E-state index in [2.05, 4.69) is 31.2 Å². The van der Waals surface area contributed by atoms with Gasteiger partial charge in [-0.05, 0) is 25.7 Å². The Morgan fingerprint density at radius 1 is 0.545 bits per heavy atom. The molecule has 0 radical (unpaired) electrons. The van der Waals surface area contributed by atoms with Gasteiger partial charge in [-0.15, -0.1) is 0 Å². The molecule has 0 atom stereocenters. The Morgan fingerprint density at radius 2 is 0.909 bits per heavy atom. The van der Waals surface area contributed by atoms with Crippen molar-refractivity contribution in [3.8, 4) is 0 Å². The van der Waals surface area contributed by atoms with E-state index >= 15 is 0 Å². The topological polar surface area (TPSA) is 118 Å². The molecule has 184 valence electrons. The smallest absolute Gasteiger partial charge is 0.314 e. The summed E-state index contributed by atoms with van der Waals surface area (Å²) in [6.07, 6.45) is 20.5. The van der Waals surface area contributed by atoms with Crippen molar-refractivity contribution in [3.05, 3.63) is 37.4 Å². The highest BCUT2D eigenvalue weighted by molar-refractivity contribution is 5.74. The van der Waals surface area contributed by atoms with Crippen LogP contribution in [-0.4, -0.2) is 57.3 Å². The molecule has 0 bridgehead atoms. The lowest BCUT2D eigenvalue weighted by atomic mass is 10.1. The van der Waals surface area contributed by atoms with Gasteiger partial charge in [0.1, 0.15) is 0 Å². The van der Waals surface area contributed by atoms with Crippen LogP contribution in [0.15, 0.2) is 37.4 Å². The predicted octanol–water partition coefficient (Wildman–Crippen LogP) is 2.89. The molecule has 2 aromatic heterocycles. The molecular formula is C23H40N8O2. The summed E-state index contributed by atoms with van der Waals surface area (Å²) in [6, 6.07) is -0.175. The Bertz CT molecular complexity index is 671. The Labute approximate surface area is 196 Å². The van der Waals surface area contributed by atoms with Crippen molar-refractivity contribution in [3.63, 3.8) is 0 Å². The lowest BCUT2D eigenvalue weighted by Gasteiger charge is -2.08. The molecule has 10 heteroatoms. The second-order valence-corrected chi connectivity index (χ2v) is 8.15. The van der Waals surface area contributed by atoms with Crippen LogP contribution in [0.4, 0.5) is 9.59 Å². The molecule has 0 aromatic carbocycles. The van der Waals surface area contributed by atoms with Crippen molar-refractivity contribution in [2.45, 2.75) is 70.9 Å². The van der Waals surface area contributed by atoms with Crippen molar-refractivity contribution >= 4 is 12.1 Å². The zero-order valence-electron chi connectivity index (χ0n) is 19.7. The summed E-state index contributed by atoms with van der Waals surface area (Å²) in [5, 5.41) is 11.6. The summed E-state index contributed by atoms with van der Waals surface area (Å²) in [5.41, 5.74) is 0. The lowest BCUT2D eigenvalue weighted by Crippen LogP contribution is -2.36. The van der Waals surface area contributed by atoms with Gasteiger partial charge in [0.15, 0.2) is 0 Å². The number of unbranched alkanes of at least 4 members (excludes halogenated alkanes) is 6. The van der Waals surface area contributed by atoms with Crippen LogP contribution in [-0.2, 0) is 13.1 Å². The molecule has 10 nitrogen and oxygen atoms in total. The molecule has 33 heavy (non-hydrogen) atoms. The van der Waals surface area contributed by atoms with Gasteiger partial charge >= 0.3 is 12.1 Å². The number of aromatic nitrogens is 4. The number of aryl methyl sites for hydroxylation is 2. The molecule has 0 aliphatic heterocycles. The summed E-state index contributed by atoms with van der Waals surface area (Å²) in [5.74, 6) is 0. The fourth-order valence-electron chi connectivity index (χ4n) is 3.43. The Hall–Kier alpha value is -3.04. The van der Waals surface area contributed by atoms with Crippen LogP contribution in [0.5, 0.6) is 0 Å². The van der Waals surface area contributed by atoms with E-state index in [9.17, 15) is 9.59 Å². The fourth-order valence-corrected chi connectivity index (χ4v) is 3.43. The molecule has 0 aliphatic rings. The van der Waals surface area contributed by atoms with Gasteiger partial charge in [0, 0.05) is 64.1 Å². The molecule has 4 amide bonds. The van der Waals surface area contributed by atoms with E-state index < -0.39 is 0 Å². The molecule has 0 saturated heterocycles. The Kier molecular flexibility index (Phi) is 13.9. The first kappa shape index (κ1) is 26.2. The molecule has 4 N–H and O–H groups in total. The van der Waals surface area contributed by atoms with E-state index in [0.717, 1.165) is 51.6 Å². The maximum absolute atomic E-state index is 11.7. The first-order valence-electron chi connectivity index (χ1n) is 12.2. The summed E-state index contributed by atoms with van der Waals surface area (Å²) in [6.45, 7) is 4.47. The molecule has 0 aliphatic carbocycles. The molecular weight excluding hydrogens is 420 g/mol. The fraction of sp³-hybridized carbons (Fsp3) is 0.652. The first-order chi connectivity index (χ1) is 16.2. The van der Waals surface area contributed by atoms with E-state index in [1.54, 1.807) is 25.0 Å². The third-order valence-corrected chi connectivity index (χ3v) is 5.30. The maximum atomic E-state index is 11.7. The minimum absolute atomic E-state index is 0.0876. The van der Waals surface area contributed by atoms with Crippen LogP contribution < -0.4 is 21.3 Å².